The van der Waals surface area contributed by atoms with Crippen LogP contribution in [0.3, 0.4) is 0 Å². The molecule has 320 valence electrons. The fraction of sp³-hybridized carbons (Fsp3) is 0.969. The number of hydrogen-bond acceptors (Lipinski definition) is 14. The Balaban J connectivity index is -0.000000147. The van der Waals surface area contributed by atoms with Crippen LogP contribution in [0.1, 0.15) is 138 Å². The summed E-state index contributed by atoms with van der Waals surface area (Å²) in [5, 5.41) is 15.6. The van der Waals surface area contributed by atoms with E-state index in [-0.39, 0.29) is 18.7 Å². The van der Waals surface area contributed by atoms with Crippen LogP contribution in [0.25, 0.3) is 0 Å². The molecule has 0 aliphatic carbocycles. The van der Waals surface area contributed by atoms with E-state index in [9.17, 15) is 18.9 Å². The highest BCUT2D eigenvalue weighted by atomic mass is 31.2. The highest BCUT2D eigenvalue weighted by Crippen LogP contribution is 2.46. The van der Waals surface area contributed by atoms with Crippen LogP contribution in [0, 0.1) is 11.3 Å². The summed E-state index contributed by atoms with van der Waals surface area (Å²) in [5.74, 6) is 0. The van der Waals surface area contributed by atoms with E-state index >= 15 is 0 Å². The second-order valence-corrected chi connectivity index (χ2v) is 15.4. The Morgan fingerprint density at radius 1 is 0.654 bits per heavy atom. The minimum absolute atomic E-state index is 0. The van der Waals surface area contributed by atoms with Gasteiger partial charge in [0, 0.05) is 19.2 Å². The molecule has 0 aliphatic rings. The zero-order valence-corrected chi connectivity index (χ0v) is 36.0. The standard InChI is InChI=1S/C15H32N3O2P.2C6H16NO4P.C4H10.CH4O.H2O/c1-14(2)18(15(3)4)21(20-13-9-11-17)19-12-8-6-5-7-10-16;2*7-5-3-1-2-4-6-11-12(8,9)10;1-3-4-2;1-2;/h14-15H,5-10,12-13,16H2,1-4H3;2*1-7H2,(H2,8,9,10);3-4H2,1-2H3;2H,1H3;1H2/p-2. The van der Waals surface area contributed by atoms with Gasteiger partial charge in [-0.3, -0.25) is 9.13 Å². The maximum Gasteiger partial charge on any atom is 0.265 e. The van der Waals surface area contributed by atoms with Crippen molar-refractivity contribution in [2.24, 2.45) is 17.2 Å². The van der Waals surface area contributed by atoms with Gasteiger partial charge in [0.2, 0.25) is 0 Å². The van der Waals surface area contributed by atoms with Gasteiger partial charge >= 0.3 is 0 Å². The van der Waals surface area contributed by atoms with Crippen molar-refractivity contribution in [1.82, 2.24) is 4.67 Å². The Morgan fingerprint density at radius 2 is 0.962 bits per heavy atom. The van der Waals surface area contributed by atoms with Crippen molar-refractivity contribution in [3.8, 4) is 6.07 Å². The quantitative estimate of drug-likeness (QED) is 0.0472. The molecular formula is C32H78N5O12P3-2. The van der Waals surface area contributed by atoms with E-state index in [1.807, 2.05) is 0 Å². The molecule has 0 radical (unpaired) electrons. The lowest BCUT2D eigenvalue weighted by Crippen LogP contribution is -2.33. The van der Waals surface area contributed by atoms with Crippen molar-refractivity contribution in [2.45, 2.75) is 150 Å². The molecule has 20 heteroatoms. The van der Waals surface area contributed by atoms with Gasteiger partial charge in [-0.1, -0.05) is 65.2 Å². The molecule has 0 bridgehead atoms. The number of phosphoric acid groups is 2. The van der Waals surface area contributed by atoms with Crippen LogP contribution in [-0.4, -0.2) is 90.3 Å². The van der Waals surface area contributed by atoms with Gasteiger partial charge in [0.25, 0.3) is 24.2 Å². The third-order valence-corrected chi connectivity index (χ3v) is 9.29. The molecule has 52 heavy (non-hydrogen) atoms. The first kappa shape index (κ1) is 63.7. The van der Waals surface area contributed by atoms with Crippen molar-refractivity contribution in [3.63, 3.8) is 0 Å². The van der Waals surface area contributed by atoms with E-state index in [0.717, 1.165) is 77.9 Å². The first-order chi connectivity index (χ1) is 24.1. The third-order valence-electron chi connectivity index (χ3n) is 6.17. The van der Waals surface area contributed by atoms with E-state index in [2.05, 4.69) is 61.3 Å². The number of nitrogens with zero attached hydrogens (tertiary/aromatic N) is 2. The first-order valence-corrected chi connectivity index (χ1v) is 22.3. The molecule has 0 spiro atoms. The average molecular weight is 818 g/mol. The highest BCUT2D eigenvalue weighted by Gasteiger charge is 2.26. The monoisotopic (exact) mass is 817 g/mol. The molecule has 0 aliphatic heterocycles. The summed E-state index contributed by atoms with van der Waals surface area (Å²) in [6.07, 6.45) is 14.3. The molecule has 0 rings (SSSR count). The van der Waals surface area contributed by atoms with Gasteiger partial charge in [-0.05, 0) is 85.9 Å². The van der Waals surface area contributed by atoms with Gasteiger partial charge in [0.1, 0.15) is 0 Å². The Labute approximate surface area is 317 Å². The lowest BCUT2D eigenvalue weighted by molar-refractivity contribution is -0.221. The molecule has 0 saturated heterocycles. The minimum atomic E-state index is -4.50. The second-order valence-electron chi connectivity index (χ2n) is 11.6. The molecular weight excluding hydrogens is 739 g/mol. The summed E-state index contributed by atoms with van der Waals surface area (Å²) in [5.41, 5.74) is 16.0. The molecule has 11 N–H and O–H groups in total. The summed E-state index contributed by atoms with van der Waals surface area (Å²) in [7, 11) is -9.07. The highest BCUT2D eigenvalue weighted by molar-refractivity contribution is 7.45. The predicted molar refractivity (Wildman–Crippen MR) is 208 cm³/mol. The zero-order valence-electron chi connectivity index (χ0n) is 33.3. The molecule has 0 aromatic heterocycles. The fourth-order valence-electron chi connectivity index (χ4n) is 3.62. The summed E-state index contributed by atoms with van der Waals surface area (Å²) in [6.45, 7) is 16.3. The number of nitrogens with two attached hydrogens (primary N) is 3. The first-order valence-electron chi connectivity index (χ1n) is 18.2. The van der Waals surface area contributed by atoms with Gasteiger partial charge in [-0.15, -0.1) is 0 Å². The maximum atomic E-state index is 10.1. The molecule has 0 heterocycles. The normalized spacial score (nSPS) is 13.3. The summed E-state index contributed by atoms with van der Waals surface area (Å²) >= 11 is 0. The molecule has 0 fully saturated rings. The third kappa shape index (κ3) is 61.8. The SMILES string of the molecule is CC(C)N(C(C)C)P(OCCC#N)OCCCCCCN.CCCC.CO.NCCCCCCOP(=O)([O-])O.NCCCCCCOP(=O)([O-])O.O. The van der Waals surface area contributed by atoms with Gasteiger partial charge in [-0.25, -0.2) is 4.67 Å². The molecule has 0 amide bonds. The van der Waals surface area contributed by atoms with Gasteiger partial charge in [0.15, 0.2) is 0 Å². The van der Waals surface area contributed by atoms with Crippen LogP contribution in [0.5, 0.6) is 0 Å². The van der Waals surface area contributed by atoms with Gasteiger partial charge in [0.05, 0.1) is 38.9 Å². The number of rotatable bonds is 28. The van der Waals surface area contributed by atoms with Crippen molar-refractivity contribution < 1.29 is 57.4 Å². The van der Waals surface area contributed by atoms with Crippen LogP contribution in [0.2, 0.25) is 0 Å². The van der Waals surface area contributed by atoms with Gasteiger partial charge < -0.3 is 65.5 Å². The molecule has 17 nitrogen and oxygen atoms in total. The number of phosphoric ester groups is 2. The average Bonchev–Trinajstić information content (AvgIpc) is 3.06. The number of aliphatic hydroxyl groups is 1. The van der Waals surface area contributed by atoms with Crippen molar-refractivity contribution in [3.05, 3.63) is 0 Å². The van der Waals surface area contributed by atoms with E-state index < -0.39 is 24.2 Å². The van der Waals surface area contributed by atoms with E-state index in [1.165, 1.54) is 12.8 Å². The van der Waals surface area contributed by atoms with E-state index in [0.29, 0.717) is 57.6 Å². The van der Waals surface area contributed by atoms with Crippen LogP contribution in [0.4, 0.5) is 0 Å². The number of unbranched alkanes of at least 4 members (excludes halogenated alkanes) is 10. The van der Waals surface area contributed by atoms with E-state index in [1.54, 1.807) is 0 Å². The minimum Gasteiger partial charge on any atom is -0.756 e. The predicted octanol–water partition coefficient (Wildman–Crippen LogP) is 4.35. The zero-order chi connectivity index (χ0) is 40.4. The van der Waals surface area contributed by atoms with Crippen LogP contribution < -0.4 is 27.0 Å². The maximum absolute atomic E-state index is 10.1. The number of aliphatic hydroxyl groups excluding tert-OH is 1. The Hall–Kier alpha value is -0.180. The van der Waals surface area contributed by atoms with Crippen LogP contribution in [0.15, 0.2) is 0 Å². The molecule has 0 aromatic carbocycles. The fourth-order valence-corrected chi connectivity index (χ4v) is 5.96. The smallest absolute Gasteiger partial charge is 0.265 e. The summed E-state index contributed by atoms with van der Waals surface area (Å²) < 4.78 is 42.4. The second kappa shape index (κ2) is 48.8. The topological polar surface area (TPSA) is 314 Å². The van der Waals surface area contributed by atoms with Crippen molar-refractivity contribution in [2.75, 3.05) is 53.2 Å². The molecule has 0 aromatic rings. The Morgan fingerprint density at radius 3 is 1.23 bits per heavy atom. The van der Waals surface area contributed by atoms with Crippen LogP contribution >= 0.6 is 24.2 Å². The Bertz CT molecular complexity index is 764. The Kier molecular flexibility index (Phi) is 59.9. The lowest BCUT2D eigenvalue weighted by Gasteiger charge is -2.35. The lowest BCUT2D eigenvalue weighted by atomic mass is 10.2. The molecule has 3 unspecified atom stereocenters. The van der Waals surface area contributed by atoms with Crippen LogP contribution in [-0.2, 0) is 27.2 Å². The number of nitriles is 1. The van der Waals surface area contributed by atoms with Crippen molar-refractivity contribution >= 4 is 24.2 Å². The summed E-state index contributed by atoms with van der Waals surface area (Å²) in [4.78, 5) is 36.5. The largest absolute Gasteiger partial charge is 0.756 e. The van der Waals surface area contributed by atoms with Gasteiger partial charge in [-0.2, -0.15) is 5.26 Å². The number of hydrogen-bond donors (Lipinski definition) is 6. The van der Waals surface area contributed by atoms with Crippen molar-refractivity contribution in [1.29, 1.82) is 5.26 Å². The summed E-state index contributed by atoms with van der Waals surface area (Å²) in [6, 6.07) is 2.82. The van der Waals surface area contributed by atoms with E-state index in [4.69, 9.17) is 46.4 Å². The molecule has 3 atom stereocenters. The molecule has 0 saturated carbocycles.